The summed E-state index contributed by atoms with van der Waals surface area (Å²) in [5, 5.41) is 15.3. The molecule has 4 bridgehead atoms. The van der Waals surface area contributed by atoms with Crippen LogP contribution in [0.2, 0.25) is 0 Å². The summed E-state index contributed by atoms with van der Waals surface area (Å²) in [5.74, 6) is 1.14. The smallest absolute Gasteiger partial charge is 0.246 e. The Morgan fingerprint density at radius 1 is 0.969 bits per heavy atom. The van der Waals surface area contributed by atoms with E-state index in [1.54, 1.807) is 6.21 Å². The number of phenolic OH excluding ortho intramolecular Hbond substituents is 1. The van der Waals surface area contributed by atoms with Gasteiger partial charge in [0.1, 0.15) is 5.75 Å². The predicted octanol–water partition coefficient (Wildman–Crippen LogP) is 6.43. The van der Waals surface area contributed by atoms with Crippen molar-refractivity contribution in [3.05, 3.63) is 28.8 Å². The van der Waals surface area contributed by atoms with Crippen molar-refractivity contribution >= 4 is 12.1 Å². The van der Waals surface area contributed by atoms with Gasteiger partial charge in [0.2, 0.25) is 5.91 Å². The van der Waals surface area contributed by atoms with Gasteiger partial charge >= 0.3 is 0 Å². The van der Waals surface area contributed by atoms with Gasteiger partial charge in [-0.15, -0.1) is 0 Å². The Morgan fingerprint density at radius 2 is 1.47 bits per heavy atom. The Balaban J connectivity index is 1.58. The lowest BCUT2D eigenvalue weighted by Crippen LogP contribution is -2.59. The lowest BCUT2D eigenvalue weighted by molar-refractivity contribution is -0.170. The molecule has 0 spiro atoms. The summed E-state index contributed by atoms with van der Waals surface area (Å²) < 4.78 is 0. The zero-order chi connectivity index (χ0) is 23.7. The standard InChI is InChI=1S/C28H42N2O2/c1-24(2,3)20-9-18(10-21(22(20)31)25(4,5)6)14-29-30-23(32)28-13-19-11-26(7,16-28)15-27(8,12-19)17-28/h9-10,14,19,31H,11-13,15-17H2,1-8H3,(H,30,32)/b29-14+. The number of amides is 1. The Morgan fingerprint density at radius 3 is 1.91 bits per heavy atom. The minimum atomic E-state index is -0.262. The van der Waals surface area contributed by atoms with E-state index >= 15 is 0 Å². The highest BCUT2D eigenvalue weighted by Crippen LogP contribution is 2.69. The average molecular weight is 439 g/mol. The summed E-state index contributed by atoms with van der Waals surface area (Å²) in [4.78, 5) is 13.4. The van der Waals surface area contributed by atoms with Gasteiger partial charge in [0, 0.05) is 11.1 Å². The molecule has 0 aromatic heterocycles. The summed E-state index contributed by atoms with van der Waals surface area (Å²) in [6.07, 6.45) is 8.56. The quantitative estimate of drug-likeness (QED) is 0.422. The fourth-order valence-electron chi connectivity index (χ4n) is 7.86. The van der Waals surface area contributed by atoms with Crippen molar-refractivity contribution < 1.29 is 9.90 Å². The molecule has 4 aliphatic carbocycles. The largest absolute Gasteiger partial charge is 0.507 e. The van der Waals surface area contributed by atoms with E-state index in [1.807, 2.05) is 12.1 Å². The minimum absolute atomic E-state index is 0.0983. The third-order valence-corrected chi connectivity index (χ3v) is 8.24. The van der Waals surface area contributed by atoms with Crippen molar-refractivity contribution in [2.75, 3.05) is 0 Å². The minimum Gasteiger partial charge on any atom is -0.507 e. The van der Waals surface area contributed by atoms with Crippen LogP contribution in [-0.4, -0.2) is 17.2 Å². The number of carbonyl (C=O) groups excluding carboxylic acids is 1. The molecule has 32 heavy (non-hydrogen) atoms. The van der Waals surface area contributed by atoms with Crippen LogP contribution in [0.4, 0.5) is 0 Å². The van der Waals surface area contributed by atoms with Crippen LogP contribution >= 0.6 is 0 Å². The van der Waals surface area contributed by atoms with E-state index in [0.717, 1.165) is 36.0 Å². The summed E-state index contributed by atoms with van der Waals surface area (Å²) in [6, 6.07) is 3.99. The molecule has 0 saturated heterocycles. The van der Waals surface area contributed by atoms with Gasteiger partial charge in [0.15, 0.2) is 0 Å². The van der Waals surface area contributed by atoms with Gasteiger partial charge in [0.25, 0.3) is 0 Å². The fraction of sp³-hybridized carbons (Fsp3) is 0.714. The van der Waals surface area contributed by atoms with Gasteiger partial charge in [-0.1, -0.05) is 55.4 Å². The molecule has 0 heterocycles. The number of rotatable bonds is 3. The van der Waals surface area contributed by atoms with Crippen molar-refractivity contribution in [2.24, 2.45) is 27.3 Å². The molecule has 4 fully saturated rings. The second-order valence-electron chi connectivity index (χ2n) is 14.1. The van der Waals surface area contributed by atoms with Crippen molar-refractivity contribution in [1.29, 1.82) is 0 Å². The highest BCUT2D eigenvalue weighted by atomic mass is 16.3. The maximum absolute atomic E-state index is 13.4. The molecular weight excluding hydrogens is 396 g/mol. The van der Waals surface area contributed by atoms with Gasteiger partial charge in [-0.3, -0.25) is 4.79 Å². The van der Waals surface area contributed by atoms with Crippen molar-refractivity contribution in [3.8, 4) is 5.75 Å². The molecule has 0 radical (unpaired) electrons. The third-order valence-electron chi connectivity index (χ3n) is 8.24. The van der Waals surface area contributed by atoms with E-state index in [4.69, 9.17) is 0 Å². The molecule has 2 unspecified atom stereocenters. The molecule has 4 saturated carbocycles. The Hall–Kier alpha value is -1.84. The van der Waals surface area contributed by atoms with Crippen LogP contribution in [0.1, 0.15) is 111 Å². The molecule has 2 atom stereocenters. The van der Waals surface area contributed by atoms with Gasteiger partial charge in [0.05, 0.1) is 11.6 Å². The van der Waals surface area contributed by atoms with E-state index in [9.17, 15) is 9.90 Å². The maximum Gasteiger partial charge on any atom is 0.246 e. The van der Waals surface area contributed by atoms with Crippen LogP contribution in [0.3, 0.4) is 0 Å². The number of hydrazone groups is 1. The van der Waals surface area contributed by atoms with Gasteiger partial charge in [-0.25, -0.2) is 5.43 Å². The monoisotopic (exact) mass is 438 g/mol. The zero-order valence-corrected chi connectivity index (χ0v) is 21.4. The number of hydrogen-bond donors (Lipinski definition) is 2. The van der Waals surface area contributed by atoms with Crippen LogP contribution in [-0.2, 0) is 15.6 Å². The second-order valence-corrected chi connectivity index (χ2v) is 14.1. The first kappa shape index (κ1) is 23.3. The van der Waals surface area contributed by atoms with Gasteiger partial charge in [-0.2, -0.15) is 5.10 Å². The van der Waals surface area contributed by atoms with E-state index in [2.05, 4.69) is 65.9 Å². The summed E-state index contributed by atoms with van der Waals surface area (Å²) in [7, 11) is 0. The van der Waals surface area contributed by atoms with Crippen LogP contribution < -0.4 is 5.43 Å². The molecule has 4 heteroatoms. The first-order chi connectivity index (χ1) is 14.5. The van der Waals surface area contributed by atoms with E-state index in [1.165, 1.54) is 19.3 Å². The molecule has 1 aromatic rings. The zero-order valence-electron chi connectivity index (χ0n) is 21.4. The molecular formula is C28H42N2O2. The van der Waals surface area contributed by atoms with Crippen LogP contribution in [0.25, 0.3) is 0 Å². The van der Waals surface area contributed by atoms with Crippen molar-refractivity contribution in [2.45, 2.75) is 105 Å². The Kier molecular flexibility index (Phi) is 5.16. The topological polar surface area (TPSA) is 61.7 Å². The summed E-state index contributed by atoms with van der Waals surface area (Å²) in [5.41, 5.74) is 5.59. The molecule has 4 aliphatic rings. The number of phenols is 1. The second kappa shape index (κ2) is 7.08. The number of carbonyl (C=O) groups is 1. The fourth-order valence-corrected chi connectivity index (χ4v) is 7.86. The Bertz CT molecular complexity index is 910. The SMILES string of the molecule is CC12CC3CC(C)(C1)CC(C(=O)N/N=C/c1cc(C(C)(C)C)c(O)c(C(C)(C)C)c1)(C3)C2. The Labute approximate surface area is 194 Å². The molecule has 2 N–H and O–H groups in total. The molecule has 5 rings (SSSR count). The molecule has 1 aromatic carbocycles. The lowest BCUT2D eigenvalue weighted by Gasteiger charge is -2.64. The van der Waals surface area contributed by atoms with Crippen molar-refractivity contribution in [1.82, 2.24) is 5.43 Å². The maximum atomic E-state index is 13.4. The third kappa shape index (κ3) is 4.10. The number of hydrogen-bond acceptors (Lipinski definition) is 3. The number of nitrogens with one attached hydrogen (secondary N) is 1. The first-order valence-corrected chi connectivity index (χ1v) is 12.3. The molecule has 4 nitrogen and oxygen atoms in total. The average Bonchev–Trinajstić information content (AvgIpc) is 2.57. The highest BCUT2D eigenvalue weighted by molar-refractivity contribution is 5.86. The predicted molar refractivity (Wildman–Crippen MR) is 131 cm³/mol. The highest BCUT2D eigenvalue weighted by Gasteiger charge is 2.62. The summed E-state index contributed by atoms with van der Waals surface area (Å²) in [6.45, 7) is 17.4. The van der Waals surface area contributed by atoms with E-state index in [0.29, 0.717) is 22.5 Å². The normalized spacial score (nSPS) is 34.3. The molecule has 176 valence electrons. The van der Waals surface area contributed by atoms with Gasteiger partial charge < -0.3 is 5.11 Å². The summed E-state index contributed by atoms with van der Waals surface area (Å²) >= 11 is 0. The lowest BCUT2D eigenvalue weighted by atomic mass is 9.40. The first-order valence-electron chi connectivity index (χ1n) is 12.3. The van der Waals surface area contributed by atoms with Crippen LogP contribution in [0.5, 0.6) is 5.75 Å². The molecule has 0 aliphatic heterocycles. The van der Waals surface area contributed by atoms with Crippen LogP contribution in [0.15, 0.2) is 17.2 Å². The number of aromatic hydroxyl groups is 1. The van der Waals surface area contributed by atoms with Crippen LogP contribution in [0, 0.1) is 22.2 Å². The number of nitrogens with zero attached hydrogens (tertiary/aromatic N) is 1. The van der Waals surface area contributed by atoms with Crippen molar-refractivity contribution in [3.63, 3.8) is 0 Å². The van der Waals surface area contributed by atoms with E-state index < -0.39 is 0 Å². The van der Waals surface area contributed by atoms with E-state index in [-0.39, 0.29) is 22.2 Å². The number of benzene rings is 1. The van der Waals surface area contributed by atoms with Gasteiger partial charge in [-0.05, 0) is 83.8 Å². The molecule has 1 amide bonds.